The third-order valence-corrected chi connectivity index (χ3v) is 1.61. The highest BCUT2D eigenvalue weighted by molar-refractivity contribution is 4.94. The van der Waals surface area contributed by atoms with E-state index in [2.05, 4.69) is 4.74 Å². The molecule has 0 rings (SSSR count). The van der Waals surface area contributed by atoms with Crippen LogP contribution in [0.2, 0.25) is 0 Å². The molecule has 0 N–H and O–H groups in total. The minimum Gasteiger partial charge on any atom is -0.344 e. The number of halogens is 8. The normalized spacial score (nSPS) is 17.6. The van der Waals surface area contributed by atoms with E-state index in [9.17, 15) is 35.1 Å². The Morgan fingerprint density at radius 2 is 1.38 bits per heavy atom. The van der Waals surface area contributed by atoms with Crippen LogP contribution in [0.25, 0.3) is 0 Å². The molecule has 0 amide bonds. The average molecular weight is 260 g/mol. The van der Waals surface area contributed by atoms with Gasteiger partial charge >= 0.3 is 11.8 Å². The van der Waals surface area contributed by atoms with Crippen LogP contribution < -0.4 is 0 Å². The first-order valence-electron chi connectivity index (χ1n) is 4.02. The van der Waals surface area contributed by atoms with E-state index in [1.54, 1.807) is 0 Å². The maximum Gasteiger partial charge on any atom is 0.367 e. The lowest BCUT2D eigenvalue weighted by molar-refractivity contribution is -0.319. The molecule has 0 aromatic carbocycles. The Bertz CT molecular complexity index is 218. The van der Waals surface area contributed by atoms with E-state index < -0.39 is 37.4 Å². The second-order valence-electron chi connectivity index (χ2n) is 2.75. The molecule has 0 aromatic heterocycles. The highest BCUT2D eigenvalue weighted by Gasteiger charge is 2.69. The molecule has 9 heteroatoms. The van der Waals surface area contributed by atoms with Gasteiger partial charge in [-0.25, -0.2) is 17.6 Å². The Morgan fingerprint density at radius 1 is 0.938 bits per heavy atom. The Morgan fingerprint density at radius 3 is 1.69 bits per heavy atom. The van der Waals surface area contributed by atoms with E-state index in [1.807, 2.05) is 0 Å². The van der Waals surface area contributed by atoms with Crippen LogP contribution in [-0.2, 0) is 4.74 Å². The SMILES string of the molecule is CCOC(F)C(F)(F)C(F)(F)C(F)C(F)F. The first kappa shape index (κ1) is 15.4. The van der Waals surface area contributed by atoms with Crippen molar-refractivity contribution in [3.05, 3.63) is 0 Å². The maximum absolute atomic E-state index is 12.6. The molecule has 2 atom stereocenters. The molecular weight excluding hydrogens is 252 g/mol. The van der Waals surface area contributed by atoms with Crippen molar-refractivity contribution in [3.8, 4) is 0 Å². The third-order valence-electron chi connectivity index (χ3n) is 1.61. The van der Waals surface area contributed by atoms with Gasteiger partial charge in [-0.3, -0.25) is 0 Å². The van der Waals surface area contributed by atoms with Crippen molar-refractivity contribution < 1.29 is 39.9 Å². The zero-order valence-corrected chi connectivity index (χ0v) is 7.87. The smallest absolute Gasteiger partial charge is 0.344 e. The summed E-state index contributed by atoms with van der Waals surface area (Å²) in [6, 6.07) is 0. The van der Waals surface area contributed by atoms with Crippen molar-refractivity contribution in [1.29, 1.82) is 0 Å². The second kappa shape index (κ2) is 5.15. The topological polar surface area (TPSA) is 9.23 Å². The molecular formula is C7H8F8O. The van der Waals surface area contributed by atoms with Gasteiger partial charge in [0.1, 0.15) is 0 Å². The quantitative estimate of drug-likeness (QED) is 0.666. The number of rotatable bonds is 6. The maximum atomic E-state index is 12.6. The first-order chi connectivity index (χ1) is 7.09. The summed E-state index contributed by atoms with van der Waals surface area (Å²) < 4.78 is 101. The van der Waals surface area contributed by atoms with Gasteiger partial charge in [-0.15, -0.1) is 0 Å². The number of ether oxygens (including phenoxy) is 1. The zero-order chi connectivity index (χ0) is 13.1. The van der Waals surface area contributed by atoms with Crippen molar-refractivity contribution in [2.45, 2.75) is 37.7 Å². The Kier molecular flexibility index (Phi) is 4.96. The van der Waals surface area contributed by atoms with Gasteiger partial charge in [0, 0.05) is 6.61 Å². The minimum absolute atomic E-state index is 0.696. The van der Waals surface area contributed by atoms with Gasteiger partial charge in [-0.1, -0.05) is 0 Å². The van der Waals surface area contributed by atoms with E-state index in [0.717, 1.165) is 6.92 Å². The molecule has 0 bridgehead atoms. The fourth-order valence-corrected chi connectivity index (χ4v) is 0.744. The highest BCUT2D eigenvalue weighted by atomic mass is 19.3. The van der Waals surface area contributed by atoms with Crippen molar-refractivity contribution in [2.24, 2.45) is 0 Å². The number of hydrogen-bond acceptors (Lipinski definition) is 1. The lowest BCUT2D eigenvalue weighted by Crippen LogP contribution is -2.56. The van der Waals surface area contributed by atoms with Crippen molar-refractivity contribution >= 4 is 0 Å². The van der Waals surface area contributed by atoms with Gasteiger partial charge in [0.2, 0.25) is 6.17 Å². The summed E-state index contributed by atoms with van der Waals surface area (Å²) in [6.07, 6.45) is -12.7. The lowest BCUT2D eigenvalue weighted by Gasteiger charge is -2.30. The van der Waals surface area contributed by atoms with Gasteiger partial charge in [-0.2, -0.15) is 17.6 Å². The molecule has 0 fully saturated rings. The van der Waals surface area contributed by atoms with Crippen LogP contribution in [-0.4, -0.2) is 37.4 Å². The predicted molar refractivity (Wildman–Crippen MR) is 37.3 cm³/mol. The predicted octanol–water partition coefficient (Wildman–Crippen LogP) is 3.19. The molecule has 98 valence electrons. The van der Waals surface area contributed by atoms with E-state index >= 15 is 0 Å². The summed E-state index contributed by atoms with van der Waals surface area (Å²) in [5.41, 5.74) is 0. The molecule has 0 saturated carbocycles. The molecule has 16 heavy (non-hydrogen) atoms. The van der Waals surface area contributed by atoms with E-state index in [1.165, 1.54) is 0 Å². The summed E-state index contributed by atoms with van der Waals surface area (Å²) in [6.45, 7) is 0.319. The summed E-state index contributed by atoms with van der Waals surface area (Å²) in [7, 11) is 0. The molecule has 0 aliphatic rings. The fourth-order valence-electron chi connectivity index (χ4n) is 0.744. The zero-order valence-electron chi connectivity index (χ0n) is 7.87. The van der Waals surface area contributed by atoms with Crippen molar-refractivity contribution in [2.75, 3.05) is 6.61 Å². The van der Waals surface area contributed by atoms with Crippen LogP contribution >= 0.6 is 0 Å². The largest absolute Gasteiger partial charge is 0.367 e. The number of alkyl halides is 8. The Labute approximate surface area is 85.4 Å². The van der Waals surface area contributed by atoms with Gasteiger partial charge in [-0.05, 0) is 6.92 Å². The average Bonchev–Trinajstić information content (AvgIpc) is 2.16. The molecule has 0 saturated heterocycles. The van der Waals surface area contributed by atoms with Gasteiger partial charge in [0.25, 0.3) is 12.8 Å². The molecule has 0 aliphatic heterocycles. The summed E-state index contributed by atoms with van der Waals surface area (Å²) in [4.78, 5) is 0. The molecule has 0 aromatic rings. The Balaban J connectivity index is 4.96. The summed E-state index contributed by atoms with van der Waals surface area (Å²) >= 11 is 0. The van der Waals surface area contributed by atoms with Crippen LogP contribution in [0.15, 0.2) is 0 Å². The Hall–Kier alpha value is -0.600. The van der Waals surface area contributed by atoms with Crippen LogP contribution in [0.4, 0.5) is 35.1 Å². The minimum atomic E-state index is -5.85. The summed E-state index contributed by atoms with van der Waals surface area (Å²) in [5, 5.41) is 0. The van der Waals surface area contributed by atoms with Crippen molar-refractivity contribution in [3.63, 3.8) is 0 Å². The molecule has 0 heterocycles. The molecule has 0 spiro atoms. The fraction of sp³-hybridized carbons (Fsp3) is 1.00. The van der Waals surface area contributed by atoms with Crippen molar-refractivity contribution in [1.82, 2.24) is 0 Å². The number of hydrogen-bond donors (Lipinski definition) is 0. The van der Waals surface area contributed by atoms with Gasteiger partial charge in [0.05, 0.1) is 0 Å². The summed E-state index contributed by atoms with van der Waals surface area (Å²) in [5.74, 6) is -11.5. The van der Waals surface area contributed by atoms with Crippen LogP contribution in [0.5, 0.6) is 0 Å². The molecule has 0 radical (unpaired) electrons. The van der Waals surface area contributed by atoms with Gasteiger partial charge < -0.3 is 4.74 Å². The van der Waals surface area contributed by atoms with E-state index in [0.29, 0.717) is 0 Å². The highest BCUT2D eigenvalue weighted by Crippen LogP contribution is 2.43. The second-order valence-corrected chi connectivity index (χ2v) is 2.75. The molecule has 1 nitrogen and oxygen atoms in total. The monoisotopic (exact) mass is 260 g/mol. The van der Waals surface area contributed by atoms with Gasteiger partial charge in [0.15, 0.2) is 0 Å². The lowest BCUT2D eigenvalue weighted by atomic mass is 10.1. The van der Waals surface area contributed by atoms with E-state index in [-0.39, 0.29) is 0 Å². The van der Waals surface area contributed by atoms with Crippen LogP contribution in [0.3, 0.4) is 0 Å². The van der Waals surface area contributed by atoms with E-state index in [4.69, 9.17) is 0 Å². The van der Waals surface area contributed by atoms with Crippen LogP contribution in [0.1, 0.15) is 6.92 Å². The molecule has 2 unspecified atom stereocenters. The third kappa shape index (κ3) is 2.74. The first-order valence-corrected chi connectivity index (χ1v) is 4.02. The molecule has 0 aliphatic carbocycles. The standard InChI is InChI=1S/C7H8F8O/c1-2-16-5(11)7(14,15)6(12,13)3(8)4(9)10/h3-5H,2H2,1H3. The van der Waals surface area contributed by atoms with Crippen LogP contribution in [0, 0.1) is 0 Å².